The molecule has 150 valence electrons. The first-order valence-electron chi connectivity index (χ1n) is 7.25. The lowest BCUT2D eigenvalue weighted by Crippen LogP contribution is -2.42. The summed E-state index contributed by atoms with van der Waals surface area (Å²) in [5, 5.41) is 12.1. The van der Waals surface area contributed by atoms with Gasteiger partial charge in [-0.2, -0.15) is 41.1 Å². The summed E-state index contributed by atoms with van der Waals surface area (Å²) >= 11 is -1.98. The van der Waals surface area contributed by atoms with E-state index in [9.17, 15) is 35.3 Å². The van der Waals surface area contributed by atoms with Gasteiger partial charge in [0.15, 0.2) is 0 Å². The molecule has 0 aliphatic carbocycles. The number of benzene rings is 1. The number of amides is 1. The van der Waals surface area contributed by atoms with Gasteiger partial charge in [-0.1, -0.05) is 0 Å². The number of carbonyl (C=O) groups excluding carboxylic acids is 1. The molecule has 1 aromatic carbocycles. The second-order valence-corrected chi connectivity index (χ2v) is 7.91. The minimum absolute atomic E-state index is 0.448. The maximum atomic E-state index is 13.2. The number of halogens is 6. The smallest absolute Gasteiger partial charge is 0.269 e. The molecule has 0 bridgehead atoms. The van der Waals surface area contributed by atoms with E-state index in [0.29, 0.717) is 26.5 Å². The molecule has 2 atom stereocenters. The number of hydrogen-bond acceptors (Lipinski definition) is 5. The molecular formula is C14H8F6N4O2S2. The maximum Gasteiger partial charge on any atom is 0.431 e. The quantitative estimate of drug-likeness (QED) is 0.660. The van der Waals surface area contributed by atoms with E-state index in [1.807, 2.05) is 0 Å². The van der Waals surface area contributed by atoms with Crippen LogP contribution in [0.3, 0.4) is 0 Å². The van der Waals surface area contributed by atoms with Gasteiger partial charge in [-0.15, -0.1) is 11.8 Å². The van der Waals surface area contributed by atoms with Crippen LogP contribution >= 0.6 is 11.8 Å². The van der Waals surface area contributed by atoms with Crippen molar-refractivity contribution in [3.63, 3.8) is 0 Å². The summed E-state index contributed by atoms with van der Waals surface area (Å²) in [6.07, 6.45) is -9.37. The summed E-state index contributed by atoms with van der Waals surface area (Å²) in [6, 6.07) is 3.58. The van der Waals surface area contributed by atoms with Crippen molar-refractivity contribution < 1.29 is 35.3 Å². The second-order valence-electron chi connectivity index (χ2n) is 5.65. The van der Waals surface area contributed by atoms with Crippen LogP contribution in [-0.4, -0.2) is 37.5 Å². The van der Waals surface area contributed by atoms with Gasteiger partial charge in [0.05, 0.1) is 22.9 Å². The van der Waals surface area contributed by atoms with Crippen molar-refractivity contribution in [3.8, 4) is 6.07 Å². The predicted octanol–water partition coefficient (Wildman–Crippen LogP) is 3.19. The minimum atomic E-state index is -4.93. The lowest BCUT2D eigenvalue weighted by Gasteiger charge is -2.22. The Balaban J connectivity index is 2.10. The van der Waals surface area contributed by atoms with Crippen molar-refractivity contribution in [2.75, 3.05) is 10.6 Å². The highest BCUT2D eigenvalue weighted by Gasteiger charge is 2.64. The standard InChI is InChI=1S/C14H8F6N4O2S2/c1-27-12-5-10(14(18,19)20)22-24(12)28(26)23(11(12)25)8-3-2-7(6-21)9(4-8)13(15,16)17/h2-4H,5H2,1H3/t12-,28?/m1/s1. The van der Waals surface area contributed by atoms with Gasteiger partial charge < -0.3 is 0 Å². The van der Waals surface area contributed by atoms with E-state index in [4.69, 9.17) is 5.26 Å². The van der Waals surface area contributed by atoms with Gasteiger partial charge in [-0.25, -0.2) is 8.51 Å². The number of nitrogens with zero attached hydrogens (tertiary/aromatic N) is 4. The van der Waals surface area contributed by atoms with E-state index < -0.39 is 63.2 Å². The van der Waals surface area contributed by atoms with Crippen LogP contribution in [-0.2, 0) is 22.1 Å². The Morgan fingerprint density at radius 2 is 1.89 bits per heavy atom. The summed E-state index contributed by atoms with van der Waals surface area (Å²) in [5.74, 6) is -1.10. The van der Waals surface area contributed by atoms with Gasteiger partial charge in [0.2, 0.25) is 4.87 Å². The van der Waals surface area contributed by atoms with Crippen LogP contribution in [0.1, 0.15) is 17.5 Å². The molecule has 2 aliphatic heterocycles. The van der Waals surface area contributed by atoms with E-state index >= 15 is 0 Å². The number of carbonyl (C=O) groups is 1. The average molecular weight is 442 g/mol. The normalized spacial score (nSPS) is 25.0. The highest BCUT2D eigenvalue weighted by Crippen LogP contribution is 2.49. The molecule has 6 nitrogen and oxygen atoms in total. The topological polar surface area (TPSA) is 76.8 Å². The number of hydrazone groups is 1. The van der Waals surface area contributed by atoms with Gasteiger partial charge in [0, 0.05) is 6.42 Å². The Bertz CT molecular complexity index is 955. The van der Waals surface area contributed by atoms with E-state index in [1.54, 1.807) is 0 Å². The molecule has 3 rings (SSSR count). The molecule has 0 aromatic heterocycles. The molecule has 0 N–H and O–H groups in total. The molecule has 1 unspecified atom stereocenters. The summed E-state index contributed by atoms with van der Waals surface area (Å²) in [5.41, 5.74) is -3.85. The molecular weight excluding hydrogens is 434 g/mol. The largest absolute Gasteiger partial charge is 0.431 e. The van der Waals surface area contributed by atoms with E-state index in [1.165, 1.54) is 12.3 Å². The molecule has 1 saturated heterocycles. The van der Waals surface area contributed by atoms with Gasteiger partial charge in [0.25, 0.3) is 17.1 Å². The highest BCUT2D eigenvalue weighted by molar-refractivity contribution is 8.02. The van der Waals surface area contributed by atoms with Crippen LogP contribution in [0.2, 0.25) is 0 Å². The molecule has 0 spiro atoms. The SMILES string of the molecule is CS[C@@]12CC(C(F)(F)F)=NN1S(=O)N(c1ccc(C#N)c(C(F)(F)F)c1)C2=O. The fourth-order valence-corrected chi connectivity index (χ4v) is 5.26. The number of nitriles is 1. The van der Waals surface area contributed by atoms with Crippen LogP contribution < -0.4 is 4.31 Å². The number of anilines is 1. The number of rotatable bonds is 2. The fourth-order valence-electron chi connectivity index (χ4n) is 2.74. The Kier molecular flexibility index (Phi) is 4.66. The molecule has 2 heterocycles. The van der Waals surface area contributed by atoms with Crippen LogP contribution in [0, 0.1) is 11.3 Å². The summed E-state index contributed by atoms with van der Waals surface area (Å²) in [4.78, 5) is 10.8. The summed E-state index contributed by atoms with van der Waals surface area (Å²) < 4.78 is 91.9. The van der Waals surface area contributed by atoms with Crippen LogP contribution in [0.4, 0.5) is 32.0 Å². The molecule has 0 saturated carbocycles. The molecule has 0 radical (unpaired) electrons. The zero-order chi connectivity index (χ0) is 21.1. The van der Waals surface area contributed by atoms with Crippen molar-refractivity contribution in [2.24, 2.45) is 5.10 Å². The van der Waals surface area contributed by atoms with Crippen molar-refractivity contribution in [1.29, 1.82) is 5.26 Å². The lowest BCUT2D eigenvalue weighted by molar-refractivity contribution is -0.137. The summed E-state index contributed by atoms with van der Waals surface area (Å²) in [7, 11) is 0. The number of alkyl halides is 6. The van der Waals surface area contributed by atoms with E-state index in [2.05, 4.69) is 5.10 Å². The monoisotopic (exact) mass is 442 g/mol. The number of fused-ring (bicyclic) bond motifs is 1. The van der Waals surface area contributed by atoms with Crippen molar-refractivity contribution in [2.45, 2.75) is 23.6 Å². The third kappa shape index (κ3) is 2.93. The van der Waals surface area contributed by atoms with Gasteiger partial charge in [-0.3, -0.25) is 4.79 Å². The molecule has 1 amide bonds. The molecule has 28 heavy (non-hydrogen) atoms. The Morgan fingerprint density at radius 1 is 1.25 bits per heavy atom. The minimum Gasteiger partial charge on any atom is -0.269 e. The van der Waals surface area contributed by atoms with Crippen molar-refractivity contribution >= 4 is 40.2 Å². The molecule has 14 heteroatoms. The third-order valence-corrected chi connectivity index (χ3v) is 6.74. The number of thioether (sulfide) groups is 1. The second kappa shape index (κ2) is 6.38. The zero-order valence-electron chi connectivity index (χ0n) is 13.6. The van der Waals surface area contributed by atoms with Crippen LogP contribution in [0.5, 0.6) is 0 Å². The Labute approximate surface area is 160 Å². The first-order valence-corrected chi connectivity index (χ1v) is 9.53. The molecule has 1 fully saturated rings. The molecule has 1 aromatic rings. The highest BCUT2D eigenvalue weighted by atomic mass is 32.2. The first kappa shape index (κ1) is 20.5. The summed E-state index contributed by atoms with van der Waals surface area (Å²) in [6.45, 7) is 0. The zero-order valence-corrected chi connectivity index (χ0v) is 15.3. The number of hydrogen-bond donors (Lipinski definition) is 0. The van der Waals surface area contributed by atoms with Crippen LogP contribution in [0.15, 0.2) is 23.3 Å². The maximum absolute atomic E-state index is 13.2. The van der Waals surface area contributed by atoms with Gasteiger partial charge >= 0.3 is 12.4 Å². The van der Waals surface area contributed by atoms with Crippen molar-refractivity contribution in [1.82, 2.24) is 4.41 Å². The van der Waals surface area contributed by atoms with Crippen molar-refractivity contribution in [3.05, 3.63) is 29.3 Å². The van der Waals surface area contributed by atoms with Crippen LogP contribution in [0.25, 0.3) is 0 Å². The van der Waals surface area contributed by atoms with E-state index in [-0.39, 0.29) is 0 Å². The first-order chi connectivity index (χ1) is 12.9. The van der Waals surface area contributed by atoms with Gasteiger partial charge in [-0.05, 0) is 24.5 Å². The third-order valence-electron chi connectivity index (χ3n) is 4.08. The lowest BCUT2D eigenvalue weighted by atomic mass is 10.1. The van der Waals surface area contributed by atoms with E-state index in [0.717, 1.165) is 12.1 Å². The van der Waals surface area contributed by atoms with Gasteiger partial charge in [0.1, 0.15) is 5.71 Å². The Hall–Kier alpha value is -2.27. The Morgan fingerprint density at radius 3 is 2.36 bits per heavy atom. The average Bonchev–Trinajstić information content (AvgIpc) is 3.09. The fraction of sp³-hybridized carbons (Fsp3) is 0.357. The predicted molar refractivity (Wildman–Crippen MR) is 88.0 cm³/mol. The molecule has 2 aliphatic rings.